The first kappa shape index (κ1) is 12.6. The van der Waals surface area contributed by atoms with E-state index in [2.05, 4.69) is 31.2 Å². The molecule has 0 bridgehead atoms. The number of aliphatic hydroxyl groups is 1. The minimum absolute atomic E-state index is 0.434. The van der Waals surface area contributed by atoms with Crippen LogP contribution in [0, 0.1) is 5.92 Å². The zero-order chi connectivity index (χ0) is 12.3. The van der Waals surface area contributed by atoms with E-state index >= 15 is 0 Å². The van der Waals surface area contributed by atoms with Gasteiger partial charge in [0.15, 0.2) is 0 Å². The second-order valence-electron chi connectivity index (χ2n) is 5.53. The van der Waals surface area contributed by atoms with Gasteiger partial charge < -0.3 is 5.11 Å². The van der Waals surface area contributed by atoms with E-state index in [1.54, 1.807) is 0 Å². The lowest BCUT2D eigenvalue weighted by atomic mass is 9.74. The topological polar surface area (TPSA) is 20.2 Å². The first-order valence-electron chi connectivity index (χ1n) is 6.96. The molecule has 0 amide bonds. The van der Waals surface area contributed by atoms with Crippen molar-refractivity contribution in [1.29, 1.82) is 0 Å². The van der Waals surface area contributed by atoms with Crippen LogP contribution in [-0.4, -0.2) is 5.11 Å². The van der Waals surface area contributed by atoms with E-state index in [9.17, 15) is 5.11 Å². The van der Waals surface area contributed by atoms with Crippen molar-refractivity contribution >= 4 is 0 Å². The zero-order valence-electron chi connectivity index (χ0n) is 11.1. The van der Waals surface area contributed by atoms with Gasteiger partial charge in [0.05, 0.1) is 5.60 Å². The van der Waals surface area contributed by atoms with E-state index in [4.69, 9.17) is 0 Å². The Morgan fingerprint density at radius 3 is 2.24 bits per heavy atom. The second kappa shape index (κ2) is 5.22. The Balaban J connectivity index is 2.17. The Kier molecular flexibility index (Phi) is 3.88. The number of hydrogen-bond acceptors (Lipinski definition) is 1. The molecule has 0 spiro atoms. The van der Waals surface area contributed by atoms with E-state index in [1.807, 2.05) is 6.92 Å². The highest BCUT2D eigenvalue weighted by molar-refractivity contribution is 5.27. The van der Waals surface area contributed by atoms with E-state index < -0.39 is 5.60 Å². The molecule has 1 N–H and O–H groups in total. The molecule has 17 heavy (non-hydrogen) atoms. The Hall–Kier alpha value is -0.820. The van der Waals surface area contributed by atoms with Crippen molar-refractivity contribution in [2.45, 2.75) is 58.0 Å². The fourth-order valence-electron chi connectivity index (χ4n) is 2.98. The standard InChI is InChI=1S/C16H24O/c1-3-13-9-11-15(12-10-13)16(2,17)14-7-5-4-6-8-14/h9-12,14,17H,3-8H2,1-2H3. The van der Waals surface area contributed by atoms with Crippen LogP contribution in [0.2, 0.25) is 0 Å². The normalized spacial score (nSPS) is 21.1. The van der Waals surface area contributed by atoms with Crippen LogP contribution >= 0.6 is 0 Å². The van der Waals surface area contributed by atoms with Crippen LogP contribution in [-0.2, 0) is 12.0 Å². The summed E-state index contributed by atoms with van der Waals surface area (Å²) in [5.74, 6) is 0.434. The minimum atomic E-state index is -0.646. The van der Waals surface area contributed by atoms with Gasteiger partial charge >= 0.3 is 0 Å². The first-order valence-corrected chi connectivity index (χ1v) is 6.96. The summed E-state index contributed by atoms with van der Waals surface area (Å²) in [5, 5.41) is 10.8. The van der Waals surface area contributed by atoms with Crippen LogP contribution in [0.15, 0.2) is 24.3 Å². The Morgan fingerprint density at radius 2 is 1.71 bits per heavy atom. The molecule has 1 heteroatoms. The van der Waals surface area contributed by atoms with Crippen LogP contribution in [0.25, 0.3) is 0 Å². The van der Waals surface area contributed by atoms with Crippen LogP contribution in [0.4, 0.5) is 0 Å². The number of aryl methyl sites for hydroxylation is 1. The average Bonchev–Trinajstić information content (AvgIpc) is 2.40. The van der Waals surface area contributed by atoms with Crippen molar-refractivity contribution in [2.75, 3.05) is 0 Å². The van der Waals surface area contributed by atoms with Gasteiger partial charge in [-0.2, -0.15) is 0 Å². The molecule has 1 nitrogen and oxygen atoms in total. The Bertz CT molecular complexity index is 344. The maximum Gasteiger partial charge on any atom is 0.0896 e. The van der Waals surface area contributed by atoms with Crippen molar-refractivity contribution < 1.29 is 5.11 Å². The quantitative estimate of drug-likeness (QED) is 0.834. The van der Waals surface area contributed by atoms with Crippen LogP contribution < -0.4 is 0 Å². The summed E-state index contributed by atoms with van der Waals surface area (Å²) in [5.41, 5.74) is 1.78. The number of hydrogen-bond donors (Lipinski definition) is 1. The summed E-state index contributed by atoms with van der Waals surface area (Å²) in [6, 6.07) is 8.50. The average molecular weight is 232 g/mol. The van der Waals surface area contributed by atoms with Gasteiger partial charge in [-0.15, -0.1) is 0 Å². The molecule has 0 heterocycles. The molecule has 2 rings (SSSR count). The summed E-state index contributed by atoms with van der Waals surface area (Å²) >= 11 is 0. The van der Waals surface area contributed by atoms with Gasteiger partial charge in [0.1, 0.15) is 0 Å². The molecule has 0 saturated heterocycles. The van der Waals surface area contributed by atoms with E-state index in [1.165, 1.54) is 37.7 Å². The smallest absolute Gasteiger partial charge is 0.0896 e. The molecule has 1 aromatic carbocycles. The number of benzene rings is 1. The molecule has 1 aromatic rings. The molecule has 1 atom stereocenters. The fraction of sp³-hybridized carbons (Fsp3) is 0.625. The van der Waals surface area contributed by atoms with Crippen molar-refractivity contribution in [3.05, 3.63) is 35.4 Å². The predicted molar refractivity (Wildman–Crippen MR) is 72.0 cm³/mol. The zero-order valence-corrected chi connectivity index (χ0v) is 11.1. The third kappa shape index (κ3) is 2.71. The lowest BCUT2D eigenvalue weighted by molar-refractivity contribution is -0.0215. The van der Waals surface area contributed by atoms with Crippen LogP contribution in [0.5, 0.6) is 0 Å². The van der Waals surface area contributed by atoms with Gasteiger partial charge in [-0.05, 0) is 43.2 Å². The fourth-order valence-corrected chi connectivity index (χ4v) is 2.98. The van der Waals surface area contributed by atoms with Gasteiger partial charge in [-0.1, -0.05) is 50.5 Å². The first-order chi connectivity index (χ1) is 8.14. The molecule has 1 saturated carbocycles. The van der Waals surface area contributed by atoms with E-state index in [0.29, 0.717) is 5.92 Å². The summed E-state index contributed by atoms with van der Waals surface area (Å²) in [6.07, 6.45) is 7.28. The summed E-state index contributed by atoms with van der Waals surface area (Å²) in [6.45, 7) is 4.15. The van der Waals surface area contributed by atoms with Gasteiger partial charge in [-0.3, -0.25) is 0 Å². The van der Waals surface area contributed by atoms with Crippen molar-refractivity contribution in [3.63, 3.8) is 0 Å². The van der Waals surface area contributed by atoms with E-state index in [-0.39, 0.29) is 0 Å². The van der Waals surface area contributed by atoms with Crippen molar-refractivity contribution in [2.24, 2.45) is 5.92 Å². The van der Waals surface area contributed by atoms with Crippen molar-refractivity contribution in [1.82, 2.24) is 0 Å². The van der Waals surface area contributed by atoms with Gasteiger partial charge in [-0.25, -0.2) is 0 Å². The minimum Gasteiger partial charge on any atom is -0.385 e. The van der Waals surface area contributed by atoms with E-state index in [0.717, 1.165) is 12.0 Å². The molecular weight excluding hydrogens is 208 g/mol. The Labute approximate surface area is 105 Å². The molecule has 1 fully saturated rings. The number of rotatable bonds is 3. The third-order valence-corrected chi connectivity index (χ3v) is 4.35. The molecule has 1 aliphatic carbocycles. The largest absolute Gasteiger partial charge is 0.385 e. The monoisotopic (exact) mass is 232 g/mol. The second-order valence-corrected chi connectivity index (χ2v) is 5.53. The molecule has 0 aromatic heterocycles. The lowest BCUT2D eigenvalue weighted by Gasteiger charge is -2.36. The highest BCUT2D eigenvalue weighted by Crippen LogP contribution is 2.38. The molecule has 94 valence electrons. The van der Waals surface area contributed by atoms with Crippen molar-refractivity contribution in [3.8, 4) is 0 Å². The third-order valence-electron chi connectivity index (χ3n) is 4.35. The summed E-state index contributed by atoms with van der Waals surface area (Å²) in [7, 11) is 0. The molecule has 0 aliphatic heterocycles. The van der Waals surface area contributed by atoms with Gasteiger partial charge in [0, 0.05) is 0 Å². The summed E-state index contributed by atoms with van der Waals surface area (Å²) < 4.78 is 0. The SMILES string of the molecule is CCc1ccc(C(C)(O)C2CCCCC2)cc1. The van der Waals surface area contributed by atoms with Crippen LogP contribution in [0.1, 0.15) is 57.1 Å². The lowest BCUT2D eigenvalue weighted by Crippen LogP contribution is -2.33. The van der Waals surface area contributed by atoms with Gasteiger partial charge in [0.2, 0.25) is 0 Å². The molecule has 1 unspecified atom stereocenters. The maximum atomic E-state index is 10.8. The van der Waals surface area contributed by atoms with Crippen LogP contribution in [0.3, 0.4) is 0 Å². The molecule has 0 radical (unpaired) electrons. The molecule has 1 aliphatic rings. The summed E-state index contributed by atoms with van der Waals surface area (Å²) in [4.78, 5) is 0. The highest BCUT2D eigenvalue weighted by Gasteiger charge is 2.34. The van der Waals surface area contributed by atoms with Gasteiger partial charge in [0.25, 0.3) is 0 Å². The Morgan fingerprint density at radius 1 is 1.12 bits per heavy atom. The predicted octanol–water partition coefficient (Wildman–Crippen LogP) is 4.04. The maximum absolute atomic E-state index is 10.8. The molecular formula is C16H24O. The highest BCUT2D eigenvalue weighted by atomic mass is 16.3.